The molecule has 0 fully saturated rings. The molecule has 1 heterocycles. The number of carboxylic acids is 1. The average Bonchev–Trinajstić information content (AvgIpc) is 2.51. The van der Waals surface area contributed by atoms with Crippen LogP contribution in [0.2, 0.25) is 0 Å². The fraction of sp³-hybridized carbons (Fsp3) is 0.308. The number of Topliss-reactive ketones (excluding diaryl/α,β-unsaturated/α-hetero) is 1. The van der Waals surface area contributed by atoms with E-state index in [0.29, 0.717) is 6.21 Å². The second kappa shape index (κ2) is 8.47. The summed E-state index contributed by atoms with van der Waals surface area (Å²) in [6, 6.07) is -0.394. The molecular formula is C13H13FN4O5. The zero-order valence-electron chi connectivity index (χ0n) is 11.7. The van der Waals surface area contributed by atoms with E-state index in [1.165, 1.54) is 0 Å². The standard InChI is InChI=1S/C13H13FN4O5/c14-9-6-16-4-3-8(9)11(20)12(21)18-10(13(22)23)2-1-7(19)5-17-15/h3-6,10-11,20H,1-2H2,(H,18,21)(H,22,23)/t10-,11-/m0/s1. The minimum absolute atomic E-state index is 0.294. The summed E-state index contributed by atoms with van der Waals surface area (Å²) in [7, 11) is 0. The fourth-order valence-corrected chi connectivity index (χ4v) is 1.67. The molecule has 0 unspecified atom stereocenters. The number of nitrogens with one attached hydrogen (secondary N) is 1. The van der Waals surface area contributed by atoms with E-state index in [0.717, 1.165) is 18.5 Å². The Morgan fingerprint density at radius 2 is 2.17 bits per heavy atom. The lowest BCUT2D eigenvalue weighted by molar-refractivity contribution is -0.143. The molecule has 0 aromatic carbocycles. The first kappa shape index (κ1) is 18.1. The maximum atomic E-state index is 13.4. The Morgan fingerprint density at radius 3 is 2.74 bits per heavy atom. The van der Waals surface area contributed by atoms with Gasteiger partial charge in [0, 0.05) is 18.2 Å². The predicted molar refractivity (Wildman–Crippen MR) is 72.6 cm³/mol. The van der Waals surface area contributed by atoms with Crippen LogP contribution in [0.1, 0.15) is 24.5 Å². The highest BCUT2D eigenvalue weighted by molar-refractivity contribution is 6.25. The van der Waals surface area contributed by atoms with Crippen LogP contribution in [0.5, 0.6) is 0 Å². The Balaban J connectivity index is 2.74. The summed E-state index contributed by atoms with van der Waals surface area (Å²) in [6.45, 7) is 0. The molecule has 1 aromatic heterocycles. The van der Waals surface area contributed by atoms with Gasteiger partial charge >= 0.3 is 12.2 Å². The van der Waals surface area contributed by atoms with Crippen LogP contribution in [0.15, 0.2) is 18.5 Å². The smallest absolute Gasteiger partial charge is 0.326 e. The van der Waals surface area contributed by atoms with Gasteiger partial charge in [-0.2, -0.15) is 4.79 Å². The summed E-state index contributed by atoms with van der Waals surface area (Å²) in [4.78, 5) is 40.0. The number of aliphatic hydroxyl groups excluding tert-OH is 1. The molecule has 3 N–H and O–H groups in total. The Labute approximate surface area is 129 Å². The van der Waals surface area contributed by atoms with Crippen LogP contribution >= 0.6 is 0 Å². The Bertz CT molecular complexity index is 660. The van der Waals surface area contributed by atoms with Gasteiger partial charge in [0.1, 0.15) is 11.9 Å². The van der Waals surface area contributed by atoms with Gasteiger partial charge in [0.05, 0.1) is 6.20 Å². The SMILES string of the molecule is [N-]=[N+]=CC(=O)CC[C@H](NC(=O)[C@@H](O)c1ccncc1F)C(=O)O. The normalized spacial score (nSPS) is 12.6. The molecule has 1 aromatic rings. The highest BCUT2D eigenvalue weighted by Crippen LogP contribution is 2.16. The van der Waals surface area contributed by atoms with E-state index in [9.17, 15) is 23.9 Å². The van der Waals surface area contributed by atoms with Crippen molar-refractivity contribution in [3.8, 4) is 0 Å². The highest BCUT2D eigenvalue weighted by Gasteiger charge is 2.27. The van der Waals surface area contributed by atoms with Crippen molar-refractivity contribution >= 4 is 23.9 Å². The van der Waals surface area contributed by atoms with Crippen molar-refractivity contribution in [3.63, 3.8) is 0 Å². The maximum Gasteiger partial charge on any atom is 0.326 e. The van der Waals surface area contributed by atoms with Crippen molar-refractivity contribution in [2.75, 3.05) is 0 Å². The molecule has 1 amide bonds. The van der Waals surface area contributed by atoms with Crippen LogP contribution in [-0.4, -0.2) is 49.9 Å². The molecule has 2 atom stereocenters. The maximum absolute atomic E-state index is 13.4. The number of ketones is 1. The number of rotatable bonds is 8. The zero-order chi connectivity index (χ0) is 17.4. The lowest BCUT2D eigenvalue weighted by Crippen LogP contribution is -2.43. The van der Waals surface area contributed by atoms with Crippen molar-refractivity contribution < 1.29 is 33.8 Å². The van der Waals surface area contributed by atoms with Gasteiger partial charge in [-0.3, -0.25) is 14.6 Å². The van der Waals surface area contributed by atoms with E-state index in [1.54, 1.807) is 0 Å². The van der Waals surface area contributed by atoms with Crippen molar-refractivity contribution in [2.45, 2.75) is 25.0 Å². The number of nitrogens with zero attached hydrogens (tertiary/aromatic N) is 3. The molecule has 9 nitrogen and oxygen atoms in total. The number of hydrogen-bond donors (Lipinski definition) is 3. The number of aliphatic hydroxyl groups is 1. The molecule has 0 aliphatic carbocycles. The lowest BCUT2D eigenvalue weighted by Gasteiger charge is -2.17. The summed E-state index contributed by atoms with van der Waals surface area (Å²) in [5.74, 6) is -4.13. The Morgan fingerprint density at radius 1 is 1.48 bits per heavy atom. The third kappa shape index (κ3) is 5.38. The first-order valence-electron chi connectivity index (χ1n) is 6.37. The van der Waals surface area contributed by atoms with E-state index in [1.807, 2.05) is 5.32 Å². The van der Waals surface area contributed by atoms with Crippen molar-refractivity contribution in [3.05, 3.63) is 35.4 Å². The number of hydrogen-bond acceptors (Lipinski definition) is 5. The van der Waals surface area contributed by atoms with Crippen molar-refractivity contribution in [1.82, 2.24) is 10.3 Å². The molecule has 0 saturated carbocycles. The number of amides is 1. The molecule has 10 heteroatoms. The molecule has 0 saturated heterocycles. The third-order valence-electron chi connectivity index (χ3n) is 2.84. The van der Waals surface area contributed by atoms with Crippen molar-refractivity contribution in [2.24, 2.45) is 0 Å². The van der Waals surface area contributed by atoms with Crippen LogP contribution < -0.4 is 5.32 Å². The summed E-state index contributed by atoms with van der Waals surface area (Å²) in [5.41, 5.74) is 7.81. The van der Waals surface area contributed by atoms with Gasteiger partial charge in [0.2, 0.25) is 5.78 Å². The fourth-order valence-electron chi connectivity index (χ4n) is 1.67. The number of carbonyl (C=O) groups is 3. The molecule has 0 radical (unpaired) electrons. The molecular weight excluding hydrogens is 311 g/mol. The van der Waals surface area contributed by atoms with Gasteiger partial charge in [-0.1, -0.05) is 0 Å². The van der Waals surface area contributed by atoms with E-state index in [-0.39, 0.29) is 18.4 Å². The van der Waals surface area contributed by atoms with Gasteiger partial charge in [-0.25, -0.2) is 9.18 Å². The van der Waals surface area contributed by atoms with E-state index in [4.69, 9.17) is 10.6 Å². The monoisotopic (exact) mass is 324 g/mol. The number of aliphatic carboxylic acids is 1. The van der Waals surface area contributed by atoms with Crippen LogP contribution in [-0.2, 0) is 14.4 Å². The summed E-state index contributed by atoms with van der Waals surface area (Å²) in [6.07, 6.45) is 0.0409. The van der Waals surface area contributed by atoms with Gasteiger partial charge in [-0.15, -0.1) is 0 Å². The summed E-state index contributed by atoms with van der Waals surface area (Å²) in [5, 5.41) is 20.8. The second-order valence-corrected chi connectivity index (χ2v) is 4.45. The van der Waals surface area contributed by atoms with E-state index >= 15 is 0 Å². The molecule has 0 aliphatic rings. The molecule has 0 spiro atoms. The minimum atomic E-state index is -1.92. The molecule has 1 rings (SSSR count). The van der Waals surface area contributed by atoms with Gasteiger partial charge < -0.3 is 21.1 Å². The van der Waals surface area contributed by atoms with Gasteiger partial charge in [0.25, 0.3) is 5.91 Å². The zero-order valence-corrected chi connectivity index (χ0v) is 11.7. The number of halogens is 1. The number of carbonyl (C=O) groups excluding carboxylic acids is 2. The molecule has 23 heavy (non-hydrogen) atoms. The van der Waals surface area contributed by atoms with Crippen LogP contribution in [0.25, 0.3) is 5.53 Å². The summed E-state index contributed by atoms with van der Waals surface area (Å²) < 4.78 is 13.4. The first-order chi connectivity index (χ1) is 10.9. The predicted octanol–water partition coefficient (Wildman–Crippen LogP) is -0.527. The topological polar surface area (TPSA) is 153 Å². The molecule has 0 bridgehead atoms. The minimum Gasteiger partial charge on any atom is -0.480 e. The number of aromatic nitrogens is 1. The third-order valence-corrected chi connectivity index (χ3v) is 2.84. The quantitative estimate of drug-likeness (QED) is 0.332. The van der Waals surface area contributed by atoms with Crippen LogP contribution in [0.3, 0.4) is 0 Å². The van der Waals surface area contributed by atoms with Gasteiger partial charge in [0.15, 0.2) is 6.10 Å². The first-order valence-corrected chi connectivity index (χ1v) is 6.37. The Kier molecular flexibility index (Phi) is 6.66. The van der Waals surface area contributed by atoms with E-state index < -0.39 is 35.6 Å². The Hall–Kier alpha value is -2.97. The largest absolute Gasteiger partial charge is 0.480 e. The van der Waals surface area contributed by atoms with Gasteiger partial charge in [-0.05, 0) is 12.5 Å². The second-order valence-electron chi connectivity index (χ2n) is 4.45. The summed E-state index contributed by atoms with van der Waals surface area (Å²) >= 11 is 0. The van der Waals surface area contributed by atoms with Crippen LogP contribution in [0.4, 0.5) is 4.39 Å². The highest BCUT2D eigenvalue weighted by atomic mass is 19.1. The van der Waals surface area contributed by atoms with Crippen LogP contribution in [0, 0.1) is 5.82 Å². The average molecular weight is 324 g/mol. The molecule has 122 valence electrons. The lowest BCUT2D eigenvalue weighted by atomic mass is 10.1. The van der Waals surface area contributed by atoms with E-state index in [2.05, 4.69) is 9.77 Å². The number of pyridine rings is 1. The number of carboxylic acid groups (broad SMARTS) is 1. The van der Waals surface area contributed by atoms with Crippen molar-refractivity contribution in [1.29, 1.82) is 0 Å². The molecule has 0 aliphatic heterocycles.